The minimum atomic E-state index is -0.174. The average molecular weight is 181 g/mol. The molecule has 1 heterocycles. The van der Waals surface area contributed by atoms with Gasteiger partial charge in [0.25, 0.3) is 0 Å². The van der Waals surface area contributed by atoms with Crippen molar-refractivity contribution in [3.8, 4) is 0 Å². The fourth-order valence-corrected chi connectivity index (χ4v) is 2.45. The van der Waals surface area contributed by atoms with E-state index in [1.165, 1.54) is 6.42 Å². The third-order valence-electron chi connectivity index (χ3n) is 3.35. The monoisotopic (exact) mass is 181 g/mol. The van der Waals surface area contributed by atoms with Gasteiger partial charge in [-0.25, -0.2) is 0 Å². The van der Waals surface area contributed by atoms with Crippen molar-refractivity contribution in [1.82, 2.24) is 5.32 Å². The van der Waals surface area contributed by atoms with Crippen molar-refractivity contribution >= 4 is 11.7 Å². The zero-order valence-electron chi connectivity index (χ0n) is 7.77. The SMILES string of the molecule is O=C1CC(=O)C2(CCCCC2)CN1. The van der Waals surface area contributed by atoms with Crippen LogP contribution in [0.25, 0.3) is 0 Å². The highest BCUT2D eigenvalue weighted by Crippen LogP contribution is 2.38. The van der Waals surface area contributed by atoms with Crippen LogP contribution in [-0.2, 0) is 9.59 Å². The van der Waals surface area contributed by atoms with E-state index in [0.29, 0.717) is 6.54 Å². The number of carbonyl (C=O) groups is 2. The Balaban J connectivity index is 2.12. The Kier molecular flexibility index (Phi) is 2.10. The fraction of sp³-hybridized carbons (Fsp3) is 0.800. The normalized spacial score (nSPS) is 27.4. The molecule has 1 amide bonds. The second-order valence-electron chi connectivity index (χ2n) is 4.22. The zero-order valence-corrected chi connectivity index (χ0v) is 7.77. The van der Waals surface area contributed by atoms with Gasteiger partial charge in [-0.15, -0.1) is 0 Å². The molecule has 0 bridgehead atoms. The van der Waals surface area contributed by atoms with E-state index in [9.17, 15) is 9.59 Å². The molecule has 2 fully saturated rings. The highest BCUT2D eigenvalue weighted by Gasteiger charge is 2.42. The third-order valence-corrected chi connectivity index (χ3v) is 3.35. The van der Waals surface area contributed by atoms with Gasteiger partial charge in [0.05, 0.1) is 6.42 Å². The molecule has 3 nitrogen and oxygen atoms in total. The van der Waals surface area contributed by atoms with Crippen molar-refractivity contribution in [1.29, 1.82) is 0 Å². The van der Waals surface area contributed by atoms with Crippen LogP contribution >= 0.6 is 0 Å². The molecule has 0 radical (unpaired) electrons. The first kappa shape index (κ1) is 8.73. The van der Waals surface area contributed by atoms with Gasteiger partial charge in [-0.1, -0.05) is 19.3 Å². The first-order chi connectivity index (χ1) is 6.23. The van der Waals surface area contributed by atoms with E-state index in [-0.39, 0.29) is 23.5 Å². The molecule has 2 rings (SSSR count). The van der Waals surface area contributed by atoms with Crippen LogP contribution in [0.5, 0.6) is 0 Å². The van der Waals surface area contributed by atoms with E-state index < -0.39 is 0 Å². The van der Waals surface area contributed by atoms with E-state index in [4.69, 9.17) is 0 Å². The van der Waals surface area contributed by atoms with Gasteiger partial charge in [0.1, 0.15) is 5.78 Å². The Labute approximate surface area is 77.9 Å². The van der Waals surface area contributed by atoms with E-state index in [2.05, 4.69) is 5.32 Å². The molecule has 0 atom stereocenters. The van der Waals surface area contributed by atoms with Crippen LogP contribution in [-0.4, -0.2) is 18.2 Å². The summed E-state index contributed by atoms with van der Waals surface area (Å²) in [5.41, 5.74) is -0.174. The summed E-state index contributed by atoms with van der Waals surface area (Å²) < 4.78 is 0. The van der Waals surface area contributed by atoms with Crippen molar-refractivity contribution in [3.63, 3.8) is 0 Å². The minimum Gasteiger partial charge on any atom is -0.355 e. The van der Waals surface area contributed by atoms with Gasteiger partial charge in [-0.05, 0) is 12.8 Å². The number of ketones is 1. The second kappa shape index (κ2) is 3.13. The summed E-state index contributed by atoms with van der Waals surface area (Å²) in [7, 11) is 0. The summed E-state index contributed by atoms with van der Waals surface area (Å²) in [4.78, 5) is 22.7. The topological polar surface area (TPSA) is 46.2 Å². The maximum atomic E-state index is 11.7. The molecule has 3 heteroatoms. The largest absolute Gasteiger partial charge is 0.355 e. The molecule has 72 valence electrons. The van der Waals surface area contributed by atoms with Gasteiger partial charge in [0.15, 0.2) is 0 Å². The van der Waals surface area contributed by atoms with Crippen molar-refractivity contribution in [2.45, 2.75) is 38.5 Å². The lowest BCUT2D eigenvalue weighted by atomic mass is 9.69. The quantitative estimate of drug-likeness (QED) is 0.567. The smallest absolute Gasteiger partial charge is 0.227 e. The van der Waals surface area contributed by atoms with E-state index >= 15 is 0 Å². The van der Waals surface area contributed by atoms with E-state index in [0.717, 1.165) is 25.7 Å². The van der Waals surface area contributed by atoms with Gasteiger partial charge in [-0.2, -0.15) is 0 Å². The molecule has 0 aromatic rings. The number of nitrogens with one attached hydrogen (secondary N) is 1. The number of hydrogen-bond donors (Lipinski definition) is 1. The Bertz CT molecular complexity index is 241. The number of Topliss-reactive ketones (excluding diaryl/α,β-unsaturated/α-hetero) is 1. The van der Waals surface area contributed by atoms with Crippen LogP contribution in [0, 0.1) is 5.41 Å². The number of carbonyl (C=O) groups excluding carboxylic acids is 2. The van der Waals surface area contributed by atoms with Crippen molar-refractivity contribution in [2.24, 2.45) is 5.41 Å². The average Bonchev–Trinajstić information content (AvgIpc) is 2.14. The molecule has 0 aromatic carbocycles. The van der Waals surface area contributed by atoms with Crippen molar-refractivity contribution < 1.29 is 9.59 Å². The Hall–Kier alpha value is -0.860. The van der Waals surface area contributed by atoms with Crippen molar-refractivity contribution in [2.75, 3.05) is 6.54 Å². The van der Waals surface area contributed by atoms with E-state index in [1.807, 2.05) is 0 Å². The molecular weight excluding hydrogens is 166 g/mol. The minimum absolute atomic E-state index is 0.0961. The molecule has 1 saturated carbocycles. The first-order valence-electron chi connectivity index (χ1n) is 5.03. The van der Waals surface area contributed by atoms with Crippen LogP contribution in [0.1, 0.15) is 38.5 Å². The molecule has 1 spiro atoms. The highest BCUT2D eigenvalue weighted by atomic mass is 16.2. The fourth-order valence-electron chi connectivity index (χ4n) is 2.45. The molecule has 1 N–H and O–H groups in total. The summed E-state index contributed by atoms with van der Waals surface area (Å²) in [5.74, 6) is 0.0807. The molecule has 1 aliphatic carbocycles. The van der Waals surface area contributed by atoms with Crippen LogP contribution in [0.4, 0.5) is 0 Å². The summed E-state index contributed by atoms with van der Waals surface area (Å²) in [5, 5.41) is 2.81. The maximum Gasteiger partial charge on any atom is 0.227 e. The molecule has 0 unspecified atom stereocenters. The molecule has 1 aliphatic heterocycles. The summed E-state index contributed by atoms with van der Waals surface area (Å²) in [6, 6.07) is 0. The summed E-state index contributed by atoms with van der Waals surface area (Å²) >= 11 is 0. The van der Waals surface area contributed by atoms with Gasteiger partial charge in [-0.3, -0.25) is 9.59 Å². The first-order valence-corrected chi connectivity index (χ1v) is 5.03. The third kappa shape index (κ3) is 1.47. The predicted molar refractivity (Wildman–Crippen MR) is 48.2 cm³/mol. The standard InChI is InChI=1S/C10H15NO2/c12-8-6-9(13)11-7-10(8)4-2-1-3-5-10/h1-7H2,(H,11,13). The van der Waals surface area contributed by atoms with Crippen LogP contribution in [0.2, 0.25) is 0 Å². The van der Waals surface area contributed by atoms with E-state index in [1.54, 1.807) is 0 Å². The predicted octanol–water partition coefficient (Wildman–Crippen LogP) is 1.03. The Morgan fingerprint density at radius 1 is 1.08 bits per heavy atom. The molecule has 2 aliphatic rings. The maximum absolute atomic E-state index is 11.7. The van der Waals surface area contributed by atoms with Crippen LogP contribution in [0.15, 0.2) is 0 Å². The molecule has 0 aromatic heterocycles. The lowest BCUT2D eigenvalue weighted by Gasteiger charge is -2.38. The number of amides is 1. The Morgan fingerprint density at radius 2 is 1.77 bits per heavy atom. The molecule has 13 heavy (non-hydrogen) atoms. The van der Waals surface area contributed by atoms with Crippen LogP contribution < -0.4 is 5.32 Å². The number of rotatable bonds is 0. The van der Waals surface area contributed by atoms with Gasteiger partial charge in [0, 0.05) is 12.0 Å². The summed E-state index contributed by atoms with van der Waals surface area (Å²) in [6.07, 6.45) is 5.59. The van der Waals surface area contributed by atoms with Crippen LogP contribution in [0.3, 0.4) is 0 Å². The second-order valence-corrected chi connectivity index (χ2v) is 4.22. The molecule has 1 saturated heterocycles. The number of hydrogen-bond acceptors (Lipinski definition) is 2. The molecular formula is C10H15NO2. The van der Waals surface area contributed by atoms with Gasteiger partial charge < -0.3 is 5.32 Å². The lowest BCUT2D eigenvalue weighted by molar-refractivity contribution is -0.140. The van der Waals surface area contributed by atoms with Crippen molar-refractivity contribution in [3.05, 3.63) is 0 Å². The lowest BCUT2D eigenvalue weighted by Crippen LogP contribution is -2.50. The zero-order chi connectivity index (χ0) is 9.31. The summed E-state index contributed by atoms with van der Waals surface area (Å²) in [6.45, 7) is 0.588. The number of piperidine rings is 1. The van der Waals surface area contributed by atoms with Gasteiger partial charge >= 0.3 is 0 Å². The van der Waals surface area contributed by atoms with Gasteiger partial charge in [0.2, 0.25) is 5.91 Å². The Morgan fingerprint density at radius 3 is 2.38 bits per heavy atom. The highest BCUT2D eigenvalue weighted by molar-refractivity contribution is 6.03.